The van der Waals surface area contributed by atoms with Gasteiger partial charge in [0.15, 0.2) is 0 Å². The van der Waals surface area contributed by atoms with E-state index in [-0.39, 0.29) is 0 Å². The van der Waals surface area contributed by atoms with Crippen molar-refractivity contribution < 1.29 is 35.9 Å². The van der Waals surface area contributed by atoms with Gasteiger partial charge in [0.25, 0.3) is 0 Å². The number of carbonyl (C=O) groups is 1. The van der Waals surface area contributed by atoms with Crippen molar-refractivity contribution in [3.05, 3.63) is 42.0 Å². The van der Waals surface area contributed by atoms with Crippen LogP contribution in [0.15, 0.2) is 30.8 Å². The number of benzene rings is 1. The Morgan fingerprint density at radius 2 is 1.48 bits per heavy atom. The van der Waals surface area contributed by atoms with E-state index in [1.54, 1.807) is 0 Å². The zero-order chi connectivity index (χ0) is 16.5. The lowest BCUT2D eigenvalue weighted by atomic mass is 9.91. The summed E-state index contributed by atoms with van der Waals surface area (Å²) >= 11 is 0. The fourth-order valence-corrected chi connectivity index (χ4v) is 1.73. The third-order valence-corrected chi connectivity index (χ3v) is 2.65. The molecule has 116 valence electrons. The molecule has 1 rings (SSSR count). The van der Waals surface area contributed by atoms with E-state index in [0.717, 1.165) is 12.1 Å². The van der Waals surface area contributed by atoms with Crippen molar-refractivity contribution in [1.29, 1.82) is 0 Å². The number of carbonyl (C=O) groups excluding carboxylic acids is 1. The number of rotatable bonds is 3. The van der Waals surface area contributed by atoms with Crippen LogP contribution in [0.5, 0.6) is 0 Å². The summed E-state index contributed by atoms with van der Waals surface area (Å²) in [5, 5.41) is 0. The Morgan fingerprint density at radius 1 is 1.05 bits per heavy atom. The van der Waals surface area contributed by atoms with E-state index in [1.807, 2.05) is 0 Å². The standard InChI is InChI=1S/C13H10F6O2/c1-3-9-4-6-10(7-5-9)11(12(14,15)16,13(17,18)19)21-8(2)20/h3-7H,1H2,2H3. The van der Waals surface area contributed by atoms with Gasteiger partial charge in [-0.1, -0.05) is 36.9 Å². The Bertz CT molecular complexity index is 513. The highest BCUT2D eigenvalue weighted by molar-refractivity contribution is 5.67. The van der Waals surface area contributed by atoms with Crippen LogP contribution in [0.4, 0.5) is 26.3 Å². The van der Waals surface area contributed by atoms with Gasteiger partial charge >= 0.3 is 23.9 Å². The number of hydrogen-bond donors (Lipinski definition) is 0. The quantitative estimate of drug-likeness (QED) is 0.617. The van der Waals surface area contributed by atoms with Gasteiger partial charge in [-0.25, -0.2) is 0 Å². The maximum absolute atomic E-state index is 13.1. The van der Waals surface area contributed by atoms with Crippen LogP contribution in [-0.4, -0.2) is 18.3 Å². The zero-order valence-electron chi connectivity index (χ0n) is 10.7. The predicted octanol–water partition coefficient (Wildman–Crippen LogP) is 4.21. The fourth-order valence-electron chi connectivity index (χ4n) is 1.73. The van der Waals surface area contributed by atoms with E-state index in [2.05, 4.69) is 11.3 Å². The SMILES string of the molecule is C=Cc1ccc(C(OC(C)=O)(C(F)(F)F)C(F)(F)F)cc1. The Balaban J connectivity index is 3.61. The number of esters is 1. The topological polar surface area (TPSA) is 26.3 Å². The molecule has 0 aliphatic carbocycles. The maximum Gasteiger partial charge on any atom is 0.442 e. The molecule has 0 saturated heterocycles. The second kappa shape index (κ2) is 5.42. The molecule has 0 unspecified atom stereocenters. The van der Waals surface area contributed by atoms with Gasteiger partial charge in [-0.05, 0) is 5.56 Å². The summed E-state index contributed by atoms with van der Waals surface area (Å²) < 4.78 is 82.2. The highest BCUT2D eigenvalue weighted by atomic mass is 19.4. The van der Waals surface area contributed by atoms with Crippen LogP contribution < -0.4 is 0 Å². The number of hydrogen-bond acceptors (Lipinski definition) is 2. The monoisotopic (exact) mass is 312 g/mol. The molecule has 0 fully saturated rings. The lowest BCUT2D eigenvalue weighted by Crippen LogP contribution is -2.56. The summed E-state index contributed by atoms with van der Waals surface area (Å²) in [7, 11) is 0. The van der Waals surface area contributed by atoms with E-state index in [1.165, 1.54) is 6.08 Å². The first-order valence-electron chi connectivity index (χ1n) is 5.51. The van der Waals surface area contributed by atoms with Gasteiger partial charge in [-0.3, -0.25) is 4.79 Å². The molecule has 0 aliphatic rings. The molecule has 2 nitrogen and oxygen atoms in total. The molecule has 1 aromatic rings. The van der Waals surface area contributed by atoms with E-state index in [4.69, 9.17) is 0 Å². The average Bonchev–Trinajstić information content (AvgIpc) is 2.33. The first-order valence-corrected chi connectivity index (χ1v) is 5.51. The van der Waals surface area contributed by atoms with Crippen molar-refractivity contribution in [2.75, 3.05) is 0 Å². The van der Waals surface area contributed by atoms with Crippen molar-refractivity contribution in [3.63, 3.8) is 0 Å². The van der Waals surface area contributed by atoms with E-state index < -0.39 is 29.5 Å². The van der Waals surface area contributed by atoms with Crippen molar-refractivity contribution >= 4 is 12.0 Å². The Hall–Kier alpha value is -1.99. The lowest BCUT2D eigenvalue weighted by Gasteiger charge is -2.36. The molecule has 0 radical (unpaired) electrons. The molecule has 0 spiro atoms. The third-order valence-electron chi connectivity index (χ3n) is 2.65. The maximum atomic E-state index is 13.1. The zero-order valence-corrected chi connectivity index (χ0v) is 10.7. The molecule has 0 aliphatic heterocycles. The summed E-state index contributed by atoms with van der Waals surface area (Å²) in [6, 6.07) is 3.22. The van der Waals surface area contributed by atoms with E-state index >= 15 is 0 Å². The fraction of sp³-hybridized carbons (Fsp3) is 0.308. The largest absolute Gasteiger partial charge is 0.442 e. The molecule has 8 heteroatoms. The second-order valence-corrected chi connectivity index (χ2v) is 4.10. The smallest absolute Gasteiger partial charge is 0.435 e. The van der Waals surface area contributed by atoms with Crippen molar-refractivity contribution in [2.24, 2.45) is 0 Å². The minimum absolute atomic E-state index is 0.319. The normalized spacial score (nSPS) is 12.9. The van der Waals surface area contributed by atoms with E-state index in [9.17, 15) is 31.1 Å². The minimum Gasteiger partial charge on any atom is -0.435 e. The van der Waals surface area contributed by atoms with Gasteiger partial charge < -0.3 is 4.74 Å². The van der Waals surface area contributed by atoms with Gasteiger partial charge in [0.2, 0.25) is 0 Å². The van der Waals surface area contributed by atoms with Crippen LogP contribution in [0.2, 0.25) is 0 Å². The van der Waals surface area contributed by atoms with Crippen molar-refractivity contribution in [3.8, 4) is 0 Å². The lowest BCUT2D eigenvalue weighted by molar-refractivity contribution is -0.377. The highest BCUT2D eigenvalue weighted by Gasteiger charge is 2.75. The molecule has 0 saturated carbocycles. The first-order chi connectivity index (χ1) is 9.45. The molecule has 21 heavy (non-hydrogen) atoms. The minimum atomic E-state index is -5.87. The summed E-state index contributed by atoms with van der Waals surface area (Å²) in [4.78, 5) is 10.8. The summed E-state index contributed by atoms with van der Waals surface area (Å²) in [5.41, 5.74) is -5.62. The molecule has 0 N–H and O–H groups in total. The second-order valence-electron chi connectivity index (χ2n) is 4.10. The Morgan fingerprint density at radius 3 is 1.76 bits per heavy atom. The molecule has 1 aromatic carbocycles. The van der Waals surface area contributed by atoms with Crippen LogP contribution >= 0.6 is 0 Å². The molecular weight excluding hydrogens is 302 g/mol. The molecule has 0 atom stereocenters. The van der Waals surface area contributed by atoms with Gasteiger partial charge in [-0.2, -0.15) is 26.3 Å². The summed E-state index contributed by atoms with van der Waals surface area (Å²) in [6.45, 7) is 3.82. The number of alkyl halides is 6. The van der Waals surface area contributed by atoms with Crippen LogP contribution in [0.3, 0.4) is 0 Å². The van der Waals surface area contributed by atoms with Gasteiger partial charge in [0.1, 0.15) is 0 Å². The molecule has 0 bridgehead atoms. The van der Waals surface area contributed by atoms with Crippen LogP contribution in [0.1, 0.15) is 18.1 Å². The van der Waals surface area contributed by atoms with Crippen LogP contribution in [0.25, 0.3) is 6.08 Å². The molecular formula is C13H10F6O2. The summed E-state index contributed by atoms with van der Waals surface area (Å²) in [5.74, 6) is -1.70. The number of ether oxygens (including phenoxy) is 1. The van der Waals surface area contributed by atoms with Gasteiger partial charge in [0.05, 0.1) is 0 Å². The highest BCUT2D eigenvalue weighted by Crippen LogP contribution is 2.53. The summed E-state index contributed by atoms with van der Waals surface area (Å²) in [6.07, 6.45) is -10.5. The molecule has 0 amide bonds. The third kappa shape index (κ3) is 3.03. The van der Waals surface area contributed by atoms with Crippen molar-refractivity contribution in [2.45, 2.75) is 24.9 Å². The average molecular weight is 312 g/mol. The van der Waals surface area contributed by atoms with Crippen molar-refractivity contribution in [1.82, 2.24) is 0 Å². The first kappa shape index (κ1) is 17.1. The van der Waals surface area contributed by atoms with E-state index in [0.29, 0.717) is 24.6 Å². The van der Waals surface area contributed by atoms with Crippen LogP contribution in [0, 0.1) is 0 Å². The van der Waals surface area contributed by atoms with Gasteiger partial charge in [-0.15, -0.1) is 0 Å². The Kier molecular flexibility index (Phi) is 4.40. The molecule has 0 aromatic heterocycles. The van der Waals surface area contributed by atoms with Gasteiger partial charge in [0, 0.05) is 12.5 Å². The molecule has 0 heterocycles. The Labute approximate surface area is 116 Å². The van der Waals surface area contributed by atoms with Crippen LogP contribution in [-0.2, 0) is 15.1 Å². The number of halogens is 6. The predicted molar refractivity (Wildman–Crippen MR) is 62.1 cm³/mol.